The van der Waals surface area contributed by atoms with Crippen LogP contribution in [-0.2, 0) is 16.6 Å². The van der Waals surface area contributed by atoms with E-state index in [1.807, 2.05) is 26.0 Å². The summed E-state index contributed by atoms with van der Waals surface area (Å²) in [6.45, 7) is 10.2. The Hall–Kier alpha value is -0.910. The first kappa shape index (κ1) is 18.1. The molecule has 5 heteroatoms. The third-order valence-electron chi connectivity index (χ3n) is 3.50. The molecule has 21 heavy (non-hydrogen) atoms. The second-order valence-corrected chi connectivity index (χ2v) is 7.49. The molecular weight excluding hydrogens is 284 g/mol. The number of benzene rings is 1. The van der Waals surface area contributed by atoms with Gasteiger partial charge < -0.3 is 5.32 Å². The topological polar surface area (TPSA) is 58.2 Å². The highest BCUT2D eigenvalue weighted by atomic mass is 32.2. The fourth-order valence-corrected chi connectivity index (χ4v) is 3.56. The van der Waals surface area contributed by atoms with Crippen LogP contribution in [0.15, 0.2) is 23.1 Å². The Kier molecular flexibility index (Phi) is 7.35. The van der Waals surface area contributed by atoms with E-state index in [0.717, 1.165) is 30.5 Å². The van der Waals surface area contributed by atoms with Gasteiger partial charge in [-0.2, -0.15) is 0 Å². The number of rotatable bonds is 9. The van der Waals surface area contributed by atoms with Gasteiger partial charge in [-0.05, 0) is 49.4 Å². The van der Waals surface area contributed by atoms with E-state index in [-0.39, 0.29) is 0 Å². The fraction of sp³-hybridized carbons (Fsp3) is 0.625. The molecule has 0 aromatic heterocycles. The Morgan fingerprint density at radius 1 is 1.24 bits per heavy atom. The van der Waals surface area contributed by atoms with Crippen LogP contribution in [0.2, 0.25) is 0 Å². The summed E-state index contributed by atoms with van der Waals surface area (Å²) in [4.78, 5) is 0.391. The molecule has 0 unspecified atom stereocenters. The molecule has 0 radical (unpaired) electrons. The lowest BCUT2D eigenvalue weighted by Gasteiger charge is -2.13. The number of hydrogen-bond acceptors (Lipinski definition) is 3. The Morgan fingerprint density at radius 2 is 1.95 bits per heavy atom. The SMILES string of the molecule is CCNCc1cccc(S(=O)(=O)NCCCC(C)C)c1C. The number of sulfonamides is 1. The molecule has 2 N–H and O–H groups in total. The number of hydrogen-bond donors (Lipinski definition) is 2. The maximum atomic E-state index is 12.4. The molecule has 0 fully saturated rings. The molecule has 1 rings (SSSR count). The first-order valence-corrected chi connectivity index (χ1v) is 9.15. The first-order valence-electron chi connectivity index (χ1n) is 7.67. The van der Waals surface area contributed by atoms with Gasteiger partial charge in [0, 0.05) is 13.1 Å². The summed E-state index contributed by atoms with van der Waals surface area (Å²) < 4.78 is 27.5. The van der Waals surface area contributed by atoms with Crippen LogP contribution in [0.5, 0.6) is 0 Å². The molecule has 4 nitrogen and oxygen atoms in total. The standard InChI is InChI=1S/C16H28N2O2S/c1-5-17-12-15-9-6-10-16(14(15)4)21(19,20)18-11-7-8-13(2)3/h6,9-10,13,17-18H,5,7-8,11-12H2,1-4H3. The summed E-state index contributed by atoms with van der Waals surface area (Å²) in [7, 11) is -3.41. The highest BCUT2D eigenvalue weighted by Crippen LogP contribution is 2.19. The van der Waals surface area contributed by atoms with Gasteiger partial charge in [0.15, 0.2) is 0 Å². The highest BCUT2D eigenvalue weighted by molar-refractivity contribution is 7.89. The summed E-state index contributed by atoms with van der Waals surface area (Å²) >= 11 is 0. The monoisotopic (exact) mass is 312 g/mol. The van der Waals surface area contributed by atoms with Crippen molar-refractivity contribution in [1.82, 2.24) is 10.0 Å². The largest absolute Gasteiger partial charge is 0.313 e. The third-order valence-corrected chi connectivity index (χ3v) is 5.11. The molecule has 0 aliphatic rings. The van der Waals surface area contributed by atoms with Crippen LogP contribution in [0.25, 0.3) is 0 Å². The Morgan fingerprint density at radius 3 is 2.57 bits per heavy atom. The van der Waals surface area contributed by atoms with Gasteiger partial charge in [-0.25, -0.2) is 13.1 Å². The van der Waals surface area contributed by atoms with Crippen molar-refractivity contribution in [3.05, 3.63) is 29.3 Å². The predicted octanol–water partition coefficient (Wildman–Crippen LogP) is 2.82. The van der Waals surface area contributed by atoms with E-state index in [0.29, 0.717) is 23.9 Å². The third kappa shape index (κ3) is 5.77. The van der Waals surface area contributed by atoms with Crippen LogP contribution in [0.4, 0.5) is 0 Å². The van der Waals surface area contributed by atoms with Gasteiger partial charge in [0.05, 0.1) is 4.90 Å². The van der Waals surface area contributed by atoms with Gasteiger partial charge in [0.2, 0.25) is 10.0 Å². The molecule has 1 aromatic carbocycles. The molecule has 0 atom stereocenters. The zero-order valence-corrected chi connectivity index (χ0v) is 14.4. The fourth-order valence-electron chi connectivity index (χ4n) is 2.20. The lowest BCUT2D eigenvalue weighted by molar-refractivity contribution is 0.539. The van der Waals surface area contributed by atoms with Gasteiger partial charge in [-0.3, -0.25) is 0 Å². The van der Waals surface area contributed by atoms with Crippen LogP contribution >= 0.6 is 0 Å². The predicted molar refractivity (Wildman–Crippen MR) is 87.8 cm³/mol. The summed E-state index contributed by atoms with van der Waals surface area (Å²) in [6.07, 6.45) is 1.90. The summed E-state index contributed by atoms with van der Waals surface area (Å²) in [5.41, 5.74) is 1.86. The van der Waals surface area contributed by atoms with Crippen molar-refractivity contribution < 1.29 is 8.42 Å². The normalized spacial score (nSPS) is 12.0. The van der Waals surface area contributed by atoms with Crippen LogP contribution in [0.3, 0.4) is 0 Å². The minimum Gasteiger partial charge on any atom is -0.313 e. The van der Waals surface area contributed by atoms with Crippen LogP contribution in [-0.4, -0.2) is 21.5 Å². The van der Waals surface area contributed by atoms with E-state index in [1.165, 1.54) is 0 Å². The van der Waals surface area contributed by atoms with Gasteiger partial charge in [-0.1, -0.05) is 32.9 Å². The summed E-state index contributed by atoms with van der Waals surface area (Å²) in [6, 6.07) is 5.45. The molecule has 0 amide bonds. The molecule has 120 valence electrons. The highest BCUT2D eigenvalue weighted by Gasteiger charge is 2.17. The van der Waals surface area contributed by atoms with E-state index in [2.05, 4.69) is 23.9 Å². The Labute approximate surface area is 129 Å². The summed E-state index contributed by atoms with van der Waals surface area (Å²) in [5.74, 6) is 0.597. The molecule has 0 saturated heterocycles. The molecule has 0 spiro atoms. The maximum absolute atomic E-state index is 12.4. The zero-order chi connectivity index (χ0) is 15.9. The van der Waals surface area contributed by atoms with E-state index in [4.69, 9.17) is 0 Å². The van der Waals surface area contributed by atoms with Gasteiger partial charge in [0.25, 0.3) is 0 Å². The van der Waals surface area contributed by atoms with Gasteiger partial charge >= 0.3 is 0 Å². The minimum absolute atomic E-state index is 0.391. The Balaban J connectivity index is 2.78. The average Bonchev–Trinajstić information content (AvgIpc) is 2.42. The van der Waals surface area contributed by atoms with Crippen molar-refractivity contribution in [2.75, 3.05) is 13.1 Å². The van der Waals surface area contributed by atoms with Crippen LogP contribution in [0, 0.1) is 12.8 Å². The van der Waals surface area contributed by atoms with E-state index >= 15 is 0 Å². The van der Waals surface area contributed by atoms with Crippen LogP contribution < -0.4 is 10.0 Å². The number of nitrogens with one attached hydrogen (secondary N) is 2. The van der Waals surface area contributed by atoms with Crippen molar-refractivity contribution in [2.24, 2.45) is 5.92 Å². The maximum Gasteiger partial charge on any atom is 0.240 e. The quantitative estimate of drug-likeness (QED) is 0.689. The smallest absolute Gasteiger partial charge is 0.240 e. The van der Waals surface area contributed by atoms with E-state index < -0.39 is 10.0 Å². The molecule has 0 heterocycles. The van der Waals surface area contributed by atoms with Crippen molar-refractivity contribution in [3.8, 4) is 0 Å². The first-order chi connectivity index (χ1) is 9.88. The van der Waals surface area contributed by atoms with E-state index in [9.17, 15) is 8.42 Å². The molecule has 0 saturated carbocycles. The minimum atomic E-state index is -3.41. The second-order valence-electron chi connectivity index (χ2n) is 5.75. The average molecular weight is 312 g/mol. The van der Waals surface area contributed by atoms with Crippen molar-refractivity contribution in [3.63, 3.8) is 0 Å². The molecular formula is C16H28N2O2S. The lowest BCUT2D eigenvalue weighted by atomic mass is 10.1. The lowest BCUT2D eigenvalue weighted by Crippen LogP contribution is -2.26. The molecule has 1 aromatic rings. The van der Waals surface area contributed by atoms with Crippen molar-refractivity contribution in [2.45, 2.75) is 52.0 Å². The van der Waals surface area contributed by atoms with Crippen molar-refractivity contribution >= 4 is 10.0 Å². The Bertz CT molecular complexity index is 539. The summed E-state index contributed by atoms with van der Waals surface area (Å²) in [5, 5.41) is 3.23. The van der Waals surface area contributed by atoms with Crippen molar-refractivity contribution in [1.29, 1.82) is 0 Å². The molecule has 0 aliphatic heterocycles. The van der Waals surface area contributed by atoms with E-state index in [1.54, 1.807) is 6.07 Å². The molecule has 0 bridgehead atoms. The van der Waals surface area contributed by atoms with Gasteiger partial charge in [-0.15, -0.1) is 0 Å². The second kappa shape index (κ2) is 8.51. The molecule has 0 aliphatic carbocycles. The zero-order valence-electron chi connectivity index (χ0n) is 13.6. The van der Waals surface area contributed by atoms with Gasteiger partial charge in [0.1, 0.15) is 0 Å². The van der Waals surface area contributed by atoms with Crippen LogP contribution in [0.1, 0.15) is 44.7 Å².